The first kappa shape index (κ1) is 23.1. The van der Waals surface area contributed by atoms with Gasteiger partial charge < -0.3 is 24.0 Å². The Bertz CT molecular complexity index is 919. The van der Waals surface area contributed by atoms with E-state index in [1.807, 2.05) is 31.2 Å². The molecule has 2 amide bonds. The predicted octanol–water partition coefficient (Wildman–Crippen LogP) is 3.15. The summed E-state index contributed by atoms with van der Waals surface area (Å²) in [6, 6.07) is 13.9. The second kappa shape index (κ2) is 11.2. The zero-order valence-corrected chi connectivity index (χ0v) is 18.4. The van der Waals surface area contributed by atoms with Gasteiger partial charge in [0.2, 0.25) is 5.91 Å². The van der Waals surface area contributed by atoms with Crippen LogP contribution in [0.15, 0.2) is 48.5 Å². The zero-order valence-electron chi connectivity index (χ0n) is 18.4. The molecule has 1 aliphatic heterocycles. The van der Waals surface area contributed by atoms with Gasteiger partial charge in [-0.25, -0.2) is 4.79 Å². The molecule has 1 heterocycles. The Morgan fingerprint density at radius 1 is 0.781 bits per heavy atom. The van der Waals surface area contributed by atoms with Crippen molar-refractivity contribution in [2.24, 2.45) is 0 Å². The molecule has 0 unspecified atom stereocenters. The maximum atomic E-state index is 12.8. The maximum Gasteiger partial charge on any atom is 0.513 e. The van der Waals surface area contributed by atoms with Gasteiger partial charge in [0.05, 0.1) is 19.6 Å². The van der Waals surface area contributed by atoms with Crippen molar-refractivity contribution < 1.29 is 28.6 Å². The summed E-state index contributed by atoms with van der Waals surface area (Å²) in [5.74, 6) is 1.02. The highest BCUT2D eigenvalue weighted by atomic mass is 16.7. The standard InChI is InChI=1S/C24H28N2O6/c1-3-30-20-9-5-18(6-10-20)17-22(27)25-13-15-26(16-14-25)23(28)19-7-11-21(12-8-19)32-24(29)31-4-2/h5-12H,3-4,13-17H2,1-2H3. The highest BCUT2D eigenvalue weighted by molar-refractivity contribution is 5.94. The molecule has 0 aliphatic carbocycles. The molecular formula is C24H28N2O6. The number of hydrogen-bond donors (Lipinski definition) is 0. The van der Waals surface area contributed by atoms with E-state index in [0.29, 0.717) is 50.5 Å². The lowest BCUT2D eigenvalue weighted by atomic mass is 10.1. The molecule has 2 aromatic carbocycles. The van der Waals surface area contributed by atoms with Gasteiger partial charge in [-0.3, -0.25) is 9.59 Å². The number of piperazine rings is 1. The van der Waals surface area contributed by atoms with Crippen molar-refractivity contribution in [2.75, 3.05) is 39.4 Å². The molecule has 170 valence electrons. The van der Waals surface area contributed by atoms with Crippen LogP contribution in [0.1, 0.15) is 29.8 Å². The van der Waals surface area contributed by atoms with E-state index in [-0.39, 0.29) is 18.4 Å². The molecular weight excluding hydrogens is 412 g/mol. The highest BCUT2D eigenvalue weighted by Crippen LogP contribution is 2.17. The summed E-state index contributed by atoms with van der Waals surface area (Å²) in [5, 5.41) is 0. The molecule has 8 heteroatoms. The van der Waals surface area contributed by atoms with Crippen LogP contribution in [0.25, 0.3) is 0 Å². The summed E-state index contributed by atoms with van der Waals surface area (Å²) in [6.45, 7) is 6.37. The second-order valence-electron chi connectivity index (χ2n) is 7.24. The molecule has 32 heavy (non-hydrogen) atoms. The van der Waals surface area contributed by atoms with E-state index in [1.165, 1.54) is 0 Å². The first-order valence-corrected chi connectivity index (χ1v) is 10.7. The summed E-state index contributed by atoms with van der Waals surface area (Å²) < 4.78 is 15.2. The predicted molar refractivity (Wildman–Crippen MR) is 118 cm³/mol. The molecule has 0 N–H and O–H groups in total. The first-order chi connectivity index (χ1) is 15.5. The third-order valence-corrected chi connectivity index (χ3v) is 5.07. The van der Waals surface area contributed by atoms with Crippen molar-refractivity contribution in [1.29, 1.82) is 0 Å². The van der Waals surface area contributed by atoms with Crippen LogP contribution in [-0.4, -0.2) is 67.2 Å². The number of ether oxygens (including phenoxy) is 3. The van der Waals surface area contributed by atoms with Crippen molar-refractivity contribution in [1.82, 2.24) is 9.80 Å². The van der Waals surface area contributed by atoms with Gasteiger partial charge in [-0.05, 0) is 55.8 Å². The Labute approximate surface area is 187 Å². The Morgan fingerprint density at radius 2 is 1.38 bits per heavy atom. The average molecular weight is 440 g/mol. The van der Waals surface area contributed by atoms with Crippen molar-refractivity contribution in [3.05, 3.63) is 59.7 Å². The quantitative estimate of drug-likeness (QED) is 0.486. The number of amides is 2. The molecule has 0 aromatic heterocycles. The summed E-state index contributed by atoms with van der Waals surface area (Å²) in [5.41, 5.74) is 1.43. The Kier molecular flexibility index (Phi) is 8.08. The Hall–Kier alpha value is -3.55. The highest BCUT2D eigenvalue weighted by Gasteiger charge is 2.25. The molecule has 0 bridgehead atoms. The number of carbonyl (C=O) groups excluding carboxylic acids is 3. The van der Waals surface area contributed by atoms with Crippen LogP contribution in [0.5, 0.6) is 11.5 Å². The maximum absolute atomic E-state index is 12.8. The van der Waals surface area contributed by atoms with Crippen LogP contribution in [-0.2, 0) is 16.0 Å². The Balaban J connectivity index is 1.48. The van der Waals surface area contributed by atoms with Crippen LogP contribution in [0.4, 0.5) is 4.79 Å². The van der Waals surface area contributed by atoms with Crippen LogP contribution in [0, 0.1) is 0 Å². The van der Waals surface area contributed by atoms with Gasteiger partial charge >= 0.3 is 6.16 Å². The van der Waals surface area contributed by atoms with E-state index < -0.39 is 6.16 Å². The van der Waals surface area contributed by atoms with Gasteiger partial charge in [0.15, 0.2) is 0 Å². The minimum Gasteiger partial charge on any atom is -0.494 e. The van der Waals surface area contributed by atoms with Crippen LogP contribution in [0.2, 0.25) is 0 Å². The fourth-order valence-corrected chi connectivity index (χ4v) is 3.41. The van der Waals surface area contributed by atoms with E-state index in [0.717, 1.165) is 11.3 Å². The molecule has 0 saturated carbocycles. The SMILES string of the molecule is CCOC(=O)Oc1ccc(C(=O)N2CCN(C(=O)Cc3ccc(OCC)cc3)CC2)cc1. The molecule has 8 nitrogen and oxygen atoms in total. The molecule has 3 rings (SSSR count). The monoisotopic (exact) mass is 440 g/mol. The molecule has 1 fully saturated rings. The molecule has 0 atom stereocenters. The van der Waals surface area contributed by atoms with Gasteiger partial charge in [-0.15, -0.1) is 0 Å². The first-order valence-electron chi connectivity index (χ1n) is 10.7. The molecule has 0 spiro atoms. The molecule has 0 radical (unpaired) electrons. The minimum absolute atomic E-state index is 0.0433. The van der Waals surface area contributed by atoms with E-state index in [9.17, 15) is 14.4 Å². The average Bonchev–Trinajstić information content (AvgIpc) is 2.81. The lowest BCUT2D eigenvalue weighted by Gasteiger charge is -2.35. The number of nitrogens with zero attached hydrogens (tertiary/aromatic N) is 2. The lowest BCUT2D eigenvalue weighted by Crippen LogP contribution is -2.51. The van der Waals surface area contributed by atoms with E-state index >= 15 is 0 Å². The summed E-state index contributed by atoms with van der Waals surface area (Å²) in [6.07, 6.45) is -0.458. The lowest BCUT2D eigenvalue weighted by molar-refractivity contribution is -0.131. The van der Waals surface area contributed by atoms with Crippen LogP contribution >= 0.6 is 0 Å². The van der Waals surface area contributed by atoms with Gasteiger partial charge in [0.25, 0.3) is 5.91 Å². The summed E-state index contributed by atoms with van der Waals surface area (Å²) >= 11 is 0. The third-order valence-electron chi connectivity index (χ3n) is 5.07. The number of hydrogen-bond acceptors (Lipinski definition) is 6. The van der Waals surface area contributed by atoms with Crippen molar-refractivity contribution in [3.63, 3.8) is 0 Å². The van der Waals surface area contributed by atoms with Crippen molar-refractivity contribution >= 4 is 18.0 Å². The minimum atomic E-state index is -0.780. The normalized spacial score (nSPS) is 13.4. The summed E-state index contributed by atoms with van der Waals surface area (Å²) in [4.78, 5) is 40.3. The third kappa shape index (κ3) is 6.23. The van der Waals surface area contributed by atoms with Crippen LogP contribution in [0.3, 0.4) is 0 Å². The molecule has 1 saturated heterocycles. The van der Waals surface area contributed by atoms with Gasteiger partial charge in [0.1, 0.15) is 11.5 Å². The summed E-state index contributed by atoms with van der Waals surface area (Å²) in [7, 11) is 0. The topological polar surface area (TPSA) is 85.4 Å². The van der Waals surface area contributed by atoms with E-state index in [4.69, 9.17) is 14.2 Å². The second-order valence-corrected chi connectivity index (χ2v) is 7.24. The van der Waals surface area contributed by atoms with Crippen molar-refractivity contribution in [3.8, 4) is 11.5 Å². The largest absolute Gasteiger partial charge is 0.513 e. The van der Waals surface area contributed by atoms with Gasteiger partial charge in [0, 0.05) is 31.7 Å². The smallest absolute Gasteiger partial charge is 0.494 e. The van der Waals surface area contributed by atoms with E-state index in [2.05, 4.69) is 0 Å². The number of benzene rings is 2. The van der Waals surface area contributed by atoms with E-state index in [1.54, 1.807) is 41.0 Å². The Morgan fingerprint density at radius 3 is 1.97 bits per heavy atom. The van der Waals surface area contributed by atoms with Gasteiger partial charge in [-0.1, -0.05) is 12.1 Å². The fourth-order valence-electron chi connectivity index (χ4n) is 3.41. The van der Waals surface area contributed by atoms with Gasteiger partial charge in [-0.2, -0.15) is 0 Å². The molecule has 1 aliphatic rings. The van der Waals surface area contributed by atoms with Crippen molar-refractivity contribution in [2.45, 2.75) is 20.3 Å². The zero-order chi connectivity index (χ0) is 22.9. The van der Waals surface area contributed by atoms with Crippen LogP contribution < -0.4 is 9.47 Å². The molecule has 2 aromatic rings. The number of rotatable bonds is 7. The fraction of sp³-hybridized carbons (Fsp3) is 0.375. The number of carbonyl (C=O) groups is 3.